The number of halogens is 2. The topological polar surface area (TPSA) is 12.0 Å². The van der Waals surface area contributed by atoms with E-state index in [1.54, 1.807) is 12.1 Å². The molecule has 0 radical (unpaired) electrons. The number of rotatable bonds is 3. The molecular formula is C16H17FIN. The number of benzene rings is 2. The average Bonchev–Trinajstić information content (AvgIpc) is 2.35. The highest BCUT2D eigenvalue weighted by molar-refractivity contribution is 14.1. The standard InChI is InChI=1S/C16H17FIN/c1-10-8-13(17)9-11(2)15(10)16(19-3)12-4-6-14(18)7-5-12/h4-9,16,19H,1-3H3. The number of hydrogen-bond donors (Lipinski definition) is 1. The van der Waals surface area contributed by atoms with Gasteiger partial charge in [-0.15, -0.1) is 0 Å². The van der Waals surface area contributed by atoms with Crippen molar-refractivity contribution in [2.75, 3.05) is 7.05 Å². The van der Waals surface area contributed by atoms with Crippen LogP contribution in [0.1, 0.15) is 28.3 Å². The molecule has 0 saturated heterocycles. The number of hydrogen-bond acceptors (Lipinski definition) is 1. The van der Waals surface area contributed by atoms with Crippen molar-refractivity contribution in [3.05, 3.63) is 68.0 Å². The SMILES string of the molecule is CNC(c1ccc(I)cc1)c1c(C)cc(F)cc1C. The molecular weight excluding hydrogens is 352 g/mol. The van der Waals surface area contributed by atoms with Gasteiger partial charge in [0.05, 0.1) is 6.04 Å². The molecule has 1 nitrogen and oxygen atoms in total. The van der Waals surface area contributed by atoms with Gasteiger partial charge < -0.3 is 5.32 Å². The fourth-order valence-corrected chi connectivity index (χ4v) is 2.87. The predicted molar refractivity (Wildman–Crippen MR) is 85.9 cm³/mol. The molecule has 0 aliphatic heterocycles. The fourth-order valence-electron chi connectivity index (χ4n) is 2.51. The van der Waals surface area contributed by atoms with Gasteiger partial charge in [-0.1, -0.05) is 12.1 Å². The van der Waals surface area contributed by atoms with Crippen molar-refractivity contribution >= 4 is 22.6 Å². The summed E-state index contributed by atoms with van der Waals surface area (Å²) < 4.78 is 14.6. The highest BCUT2D eigenvalue weighted by atomic mass is 127. The van der Waals surface area contributed by atoms with Gasteiger partial charge in [0, 0.05) is 3.57 Å². The Balaban J connectivity index is 2.51. The normalized spacial score (nSPS) is 12.5. The molecule has 0 aliphatic rings. The third-order valence-electron chi connectivity index (χ3n) is 3.34. The van der Waals surface area contributed by atoms with Gasteiger partial charge in [0.25, 0.3) is 0 Å². The van der Waals surface area contributed by atoms with Crippen molar-refractivity contribution in [2.24, 2.45) is 0 Å². The van der Waals surface area contributed by atoms with E-state index in [-0.39, 0.29) is 11.9 Å². The minimum atomic E-state index is -0.170. The van der Waals surface area contributed by atoms with E-state index in [9.17, 15) is 4.39 Å². The van der Waals surface area contributed by atoms with Gasteiger partial charge in [-0.05, 0) is 90.0 Å². The summed E-state index contributed by atoms with van der Waals surface area (Å²) in [5.41, 5.74) is 4.32. The first-order valence-electron chi connectivity index (χ1n) is 6.22. The Morgan fingerprint density at radius 1 is 1.05 bits per heavy atom. The van der Waals surface area contributed by atoms with Gasteiger partial charge in [-0.2, -0.15) is 0 Å². The fraction of sp³-hybridized carbons (Fsp3) is 0.250. The average molecular weight is 369 g/mol. The van der Waals surface area contributed by atoms with Crippen molar-refractivity contribution in [3.8, 4) is 0 Å². The zero-order valence-corrected chi connectivity index (χ0v) is 13.5. The molecule has 0 aromatic heterocycles. The van der Waals surface area contributed by atoms with Crippen LogP contribution < -0.4 is 5.32 Å². The highest BCUT2D eigenvalue weighted by Gasteiger charge is 2.17. The third kappa shape index (κ3) is 3.15. The molecule has 0 aliphatic carbocycles. The van der Waals surface area contributed by atoms with E-state index in [1.807, 2.05) is 20.9 Å². The Hall–Kier alpha value is -0.940. The van der Waals surface area contributed by atoms with Crippen LogP contribution in [0.2, 0.25) is 0 Å². The van der Waals surface area contributed by atoms with Crippen LogP contribution >= 0.6 is 22.6 Å². The van der Waals surface area contributed by atoms with Crippen LogP contribution in [0, 0.1) is 23.2 Å². The summed E-state index contributed by atoms with van der Waals surface area (Å²) in [5.74, 6) is -0.170. The van der Waals surface area contributed by atoms with Crippen LogP contribution in [0.25, 0.3) is 0 Å². The van der Waals surface area contributed by atoms with Gasteiger partial charge in [0.2, 0.25) is 0 Å². The summed E-state index contributed by atoms with van der Waals surface area (Å²) >= 11 is 2.29. The molecule has 0 saturated carbocycles. The minimum absolute atomic E-state index is 0.0950. The second-order valence-corrected chi connectivity index (χ2v) is 5.97. The summed E-state index contributed by atoms with van der Waals surface area (Å²) in [6.45, 7) is 3.92. The smallest absolute Gasteiger partial charge is 0.123 e. The molecule has 19 heavy (non-hydrogen) atoms. The molecule has 0 spiro atoms. The van der Waals surface area contributed by atoms with Gasteiger partial charge in [-0.25, -0.2) is 4.39 Å². The van der Waals surface area contributed by atoms with E-state index in [4.69, 9.17) is 0 Å². The Kier molecular flexibility index (Phi) is 4.58. The molecule has 100 valence electrons. The maximum absolute atomic E-state index is 13.4. The van der Waals surface area contributed by atoms with Crippen LogP contribution in [0.5, 0.6) is 0 Å². The summed E-state index contributed by atoms with van der Waals surface area (Å²) in [6, 6.07) is 11.7. The first kappa shape index (κ1) is 14.5. The Labute approximate surface area is 127 Å². The Morgan fingerprint density at radius 2 is 1.58 bits per heavy atom. The molecule has 2 aromatic rings. The van der Waals surface area contributed by atoms with Gasteiger partial charge in [-0.3, -0.25) is 0 Å². The summed E-state index contributed by atoms with van der Waals surface area (Å²) in [5, 5.41) is 3.33. The lowest BCUT2D eigenvalue weighted by Crippen LogP contribution is -2.20. The second kappa shape index (κ2) is 6.01. The molecule has 0 fully saturated rings. The first-order valence-corrected chi connectivity index (χ1v) is 7.30. The lowest BCUT2D eigenvalue weighted by molar-refractivity contribution is 0.618. The monoisotopic (exact) mass is 369 g/mol. The summed E-state index contributed by atoms with van der Waals surface area (Å²) in [4.78, 5) is 0. The van der Waals surface area contributed by atoms with E-state index in [0.29, 0.717) is 0 Å². The van der Waals surface area contributed by atoms with Crippen molar-refractivity contribution in [1.82, 2.24) is 5.32 Å². The largest absolute Gasteiger partial charge is 0.309 e. The van der Waals surface area contributed by atoms with Crippen LogP contribution in [-0.2, 0) is 0 Å². The molecule has 2 aromatic carbocycles. The molecule has 1 atom stereocenters. The molecule has 2 rings (SSSR count). The molecule has 1 N–H and O–H groups in total. The Morgan fingerprint density at radius 3 is 2.05 bits per heavy atom. The molecule has 0 heterocycles. The molecule has 3 heteroatoms. The highest BCUT2D eigenvalue weighted by Crippen LogP contribution is 2.28. The lowest BCUT2D eigenvalue weighted by Gasteiger charge is -2.22. The van der Waals surface area contributed by atoms with Crippen molar-refractivity contribution in [1.29, 1.82) is 0 Å². The number of nitrogens with one attached hydrogen (secondary N) is 1. The molecule has 1 unspecified atom stereocenters. The van der Waals surface area contributed by atoms with E-state index >= 15 is 0 Å². The molecule has 0 bridgehead atoms. The van der Waals surface area contributed by atoms with Gasteiger partial charge >= 0.3 is 0 Å². The van der Waals surface area contributed by atoms with Crippen molar-refractivity contribution < 1.29 is 4.39 Å². The zero-order chi connectivity index (χ0) is 14.0. The summed E-state index contributed by atoms with van der Waals surface area (Å²) in [7, 11) is 1.94. The summed E-state index contributed by atoms with van der Waals surface area (Å²) in [6.07, 6.45) is 0. The van der Waals surface area contributed by atoms with E-state index in [0.717, 1.165) is 16.7 Å². The predicted octanol–water partition coefficient (Wildman–Crippen LogP) is 4.36. The lowest BCUT2D eigenvalue weighted by atomic mass is 9.91. The van der Waals surface area contributed by atoms with Crippen LogP contribution in [0.3, 0.4) is 0 Å². The minimum Gasteiger partial charge on any atom is -0.309 e. The first-order chi connectivity index (χ1) is 9.02. The van der Waals surface area contributed by atoms with E-state index < -0.39 is 0 Å². The quantitative estimate of drug-likeness (QED) is 0.793. The van der Waals surface area contributed by atoms with E-state index in [1.165, 1.54) is 9.13 Å². The van der Waals surface area contributed by atoms with Crippen LogP contribution in [0.15, 0.2) is 36.4 Å². The van der Waals surface area contributed by atoms with Gasteiger partial charge in [0.1, 0.15) is 5.82 Å². The van der Waals surface area contributed by atoms with Crippen LogP contribution in [0.4, 0.5) is 4.39 Å². The van der Waals surface area contributed by atoms with Crippen LogP contribution in [-0.4, -0.2) is 7.05 Å². The maximum Gasteiger partial charge on any atom is 0.123 e. The number of aryl methyl sites for hydroxylation is 2. The molecule has 0 amide bonds. The Bertz CT molecular complexity index is 555. The van der Waals surface area contributed by atoms with Crippen molar-refractivity contribution in [2.45, 2.75) is 19.9 Å². The second-order valence-electron chi connectivity index (χ2n) is 4.73. The van der Waals surface area contributed by atoms with Crippen molar-refractivity contribution in [3.63, 3.8) is 0 Å². The maximum atomic E-state index is 13.4. The zero-order valence-electron chi connectivity index (χ0n) is 11.3. The third-order valence-corrected chi connectivity index (χ3v) is 4.06. The van der Waals surface area contributed by atoms with E-state index in [2.05, 4.69) is 52.2 Å². The van der Waals surface area contributed by atoms with Gasteiger partial charge in [0.15, 0.2) is 0 Å².